The average molecular weight is 325 g/mol. The Hall–Kier alpha value is -1.94. The third-order valence-electron chi connectivity index (χ3n) is 4.43. The number of hydrogen-bond donors (Lipinski definition) is 0. The van der Waals surface area contributed by atoms with Crippen LogP contribution < -0.4 is 9.64 Å². The van der Waals surface area contributed by atoms with Crippen LogP contribution in [0.2, 0.25) is 0 Å². The van der Waals surface area contributed by atoms with Crippen molar-refractivity contribution < 1.29 is 9.53 Å². The first-order chi connectivity index (χ1) is 11.3. The van der Waals surface area contributed by atoms with E-state index in [2.05, 4.69) is 18.2 Å². The highest BCUT2D eigenvalue weighted by atomic mass is 32.2. The van der Waals surface area contributed by atoms with E-state index >= 15 is 0 Å². The molecule has 0 spiro atoms. The highest BCUT2D eigenvalue weighted by molar-refractivity contribution is 7.99. The Morgan fingerprint density at radius 3 is 2.91 bits per heavy atom. The number of benzene rings is 2. The molecule has 23 heavy (non-hydrogen) atoms. The standard InChI is InChI=1S/C19H19NO2S/c21-19(15-12-14-6-1-3-8-17(14)22-13-15)20-10-5-11-23-18-9-4-2-7-16(18)20/h1-4,6-9,15H,5,10-13H2. The Morgan fingerprint density at radius 2 is 1.96 bits per heavy atom. The fourth-order valence-electron chi connectivity index (χ4n) is 3.26. The van der Waals surface area contributed by atoms with E-state index in [1.54, 1.807) is 0 Å². The number of carbonyl (C=O) groups excluding carboxylic acids is 1. The summed E-state index contributed by atoms with van der Waals surface area (Å²) in [4.78, 5) is 16.3. The Balaban J connectivity index is 1.60. The van der Waals surface area contributed by atoms with Crippen molar-refractivity contribution in [3.8, 4) is 5.75 Å². The zero-order chi connectivity index (χ0) is 15.6. The van der Waals surface area contributed by atoms with Gasteiger partial charge < -0.3 is 9.64 Å². The fourth-order valence-corrected chi connectivity index (χ4v) is 4.26. The van der Waals surface area contributed by atoms with E-state index in [0.717, 1.165) is 42.1 Å². The number of fused-ring (bicyclic) bond motifs is 2. The molecule has 2 aromatic carbocycles. The molecule has 2 aromatic rings. The second kappa shape index (κ2) is 6.28. The first-order valence-corrected chi connectivity index (χ1v) is 9.05. The van der Waals surface area contributed by atoms with Gasteiger partial charge in [0.05, 0.1) is 11.6 Å². The van der Waals surface area contributed by atoms with Crippen LogP contribution in [0.5, 0.6) is 5.75 Å². The monoisotopic (exact) mass is 325 g/mol. The largest absolute Gasteiger partial charge is 0.492 e. The van der Waals surface area contributed by atoms with Crippen LogP contribution in [0.25, 0.3) is 0 Å². The van der Waals surface area contributed by atoms with Gasteiger partial charge in [-0.3, -0.25) is 4.79 Å². The summed E-state index contributed by atoms with van der Waals surface area (Å²) < 4.78 is 5.81. The van der Waals surface area contributed by atoms with Crippen molar-refractivity contribution in [3.05, 3.63) is 54.1 Å². The molecular formula is C19H19NO2S. The molecule has 0 aromatic heterocycles. The summed E-state index contributed by atoms with van der Waals surface area (Å²) in [6, 6.07) is 16.2. The molecule has 2 heterocycles. The minimum Gasteiger partial charge on any atom is -0.492 e. The first kappa shape index (κ1) is 14.6. The van der Waals surface area contributed by atoms with Gasteiger partial charge in [0.1, 0.15) is 12.4 Å². The highest BCUT2D eigenvalue weighted by Crippen LogP contribution is 2.35. The number of ether oxygens (including phenoxy) is 1. The summed E-state index contributed by atoms with van der Waals surface area (Å²) in [6.45, 7) is 1.27. The molecule has 2 aliphatic rings. The third kappa shape index (κ3) is 2.83. The lowest BCUT2D eigenvalue weighted by Crippen LogP contribution is -2.41. The zero-order valence-electron chi connectivity index (χ0n) is 12.9. The number of thioether (sulfide) groups is 1. The maximum Gasteiger partial charge on any atom is 0.233 e. The average Bonchev–Trinajstić information content (AvgIpc) is 2.83. The van der Waals surface area contributed by atoms with Crippen LogP contribution in [0.3, 0.4) is 0 Å². The van der Waals surface area contributed by atoms with E-state index in [-0.39, 0.29) is 11.8 Å². The Kier molecular flexibility index (Phi) is 4.00. The summed E-state index contributed by atoms with van der Waals surface area (Å²) in [5.41, 5.74) is 2.19. The molecule has 0 saturated heterocycles. The van der Waals surface area contributed by atoms with E-state index in [4.69, 9.17) is 4.74 Å². The van der Waals surface area contributed by atoms with Crippen LogP contribution in [0.4, 0.5) is 5.69 Å². The van der Waals surface area contributed by atoms with Gasteiger partial charge in [-0.05, 0) is 42.4 Å². The molecule has 0 fully saturated rings. The molecule has 3 nitrogen and oxygen atoms in total. The molecule has 118 valence electrons. The molecule has 1 amide bonds. The molecule has 0 saturated carbocycles. The Bertz CT molecular complexity index is 731. The third-order valence-corrected chi connectivity index (χ3v) is 5.58. The first-order valence-electron chi connectivity index (χ1n) is 8.07. The lowest BCUT2D eigenvalue weighted by molar-refractivity contribution is -0.123. The quantitative estimate of drug-likeness (QED) is 0.799. The van der Waals surface area contributed by atoms with Gasteiger partial charge in [0, 0.05) is 11.4 Å². The van der Waals surface area contributed by atoms with Crippen LogP contribution in [0.15, 0.2) is 53.4 Å². The van der Waals surface area contributed by atoms with Gasteiger partial charge in [0.15, 0.2) is 0 Å². The molecule has 4 heteroatoms. The molecule has 1 unspecified atom stereocenters. The van der Waals surface area contributed by atoms with E-state index < -0.39 is 0 Å². The molecule has 1 atom stereocenters. The van der Waals surface area contributed by atoms with Crippen molar-refractivity contribution in [2.24, 2.45) is 5.92 Å². The number of nitrogens with zero attached hydrogens (tertiary/aromatic N) is 1. The maximum atomic E-state index is 13.1. The Labute approximate surface area is 140 Å². The summed E-state index contributed by atoms with van der Waals surface area (Å²) in [7, 11) is 0. The summed E-state index contributed by atoms with van der Waals surface area (Å²) >= 11 is 1.84. The number of amides is 1. The van der Waals surface area contributed by atoms with Gasteiger partial charge in [-0.25, -0.2) is 0 Å². The van der Waals surface area contributed by atoms with Crippen LogP contribution in [-0.4, -0.2) is 24.8 Å². The van der Waals surface area contributed by atoms with Crippen molar-refractivity contribution in [2.45, 2.75) is 17.7 Å². The number of para-hydroxylation sites is 2. The SMILES string of the molecule is O=C(C1COc2ccccc2C1)N1CCCSc2ccccc21. The number of carbonyl (C=O) groups is 1. The van der Waals surface area contributed by atoms with Crippen LogP contribution in [0.1, 0.15) is 12.0 Å². The van der Waals surface area contributed by atoms with Gasteiger partial charge in [-0.15, -0.1) is 11.8 Å². The molecule has 0 radical (unpaired) electrons. The predicted molar refractivity (Wildman–Crippen MR) is 93.3 cm³/mol. The van der Waals surface area contributed by atoms with E-state index in [1.807, 2.05) is 47.0 Å². The summed E-state index contributed by atoms with van der Waals surface area (Å²) in [5.74, 6) is 2.07. The van der Waals surface area contributed by atoms with Crippen molar-refractivity contribution in [1.29, 1.82) is 0 Å². The van der Waals surface area contributed by atoms with Gasteiger partial charge in [0.2, 0.25) is 5.91 Å². The van der Waals surface area contributed by atoms with Gasteiger partial charge in [0.25, 0.3) is 0 Å². The van der Waals surface area contributed by atoms with Crippen molar-refractivity contribution in [1.82, 2.24) is 0 Å². The highest BCUT2D eigenvalue weighted by Gasteiger charge is 2.31. The minimum absolute atomic E-state index is 0.0962. The smallest absolute Gasteiger partial charge is 0.233 e. The second-order valence-electron chi connectivity index (χ2n) is 5.98. The predicted octanol–water partition coefficient (Wildman–Crippen LogP) is 3.77. The van der Waals surface area contributed by atoms with Crippen LogP contribution >= 0.6 is 11.8 Å². The maximum absolute atomic E-state index is 13.1. The fraction of sp³-hybridized carbons (Fsp3) is 0.316. The summed E-state index contributed by atoms with van der Waals surface area (Å²) in [6.07, 6.45) is 1.79. The van der Waals surface area contributed by atoms with Crippen molar-refractivity contribution >= 4 is 23.4 Å². The van der Waals surface area contributed by atoms with Gasteiger partial charge in [-0.2, -0.15) is 0 Å². The molecule has 0 bridgehead atoms. The van der Waals surface area contributed by atoms with Gasteiger partial charge in [-0.1, -0.05) is 30.3 Å². The number of anilines is 1. The Morgan fingerprint density at radius 1 is 1.13 bits per heavy atom. The lowest BCUT2D eigenvalue weighted by atomic mass is 9.95. The molecule has 2 aliphatic heterocycles. The van der Waals surface area contributed by atoms with Crippen LogP contribution in [0, 0.1) is 5.92 Å². The van der Waals surface area contributed by atoms with E-state index in [0.29, 0.717) is 6.61 Å². The molecule has 4 rings (SSSR count). The zero-order valence-corrected chi connectivity index (χ0v) is 13.7. The van der Waals surface area contributed by atoms with Crippen molar-refractivity contribution in [2.75, 3.05) is 23.8 Å². The summed E-state index contributed by atoms with van der Waals surface area (Å²) in [5, 5.41) is 0. The second-order valence-corrected chi connectivity index (χ2v) is 7.12. The number of rotatable bonds is 1. The molecule has 0 aliphatic carbocycles. The van der Waals surface area contributed by atoms with E-state index in [9.17, 15) is 4.79 Å². The van der Waals surface area contributed by atoms with Crippen LogP contribution in [-0.2, 0) is 11.2 Å². The lowest BCUT2D eigenvalue weighted by Gasteiger charge is -2.30. The topological polar surface area (TPSA) is 29.5 Å². The normalized spacial score (nSPS) is 20.0. The molecular weight excluding hydrogens is 306 g/mol. The van der Waals surface area contributed by atoms with E-state index in [1.165, 1.54) is 4.90 Å². The van der Waals surface area contributed by atoms with Gasteiger partial charge >= 0.3 is 0 Å². The van der Waals surface area contributed by atoms with Crippen molar-refractivity contribution in [3.63, 3.8) is 0 Å². The molecule has 0 N–H and O–H groups in total. The number of hydrogen-bond acceptors (Lipinski definition) is 3. The minimum atomic E-state index is -0.0962.